The van der Waals surface area contributed by atoms with E-state index in [1.807, 2.05) is 33.9 Å². The third kappa shape index (κ3) is 7.28. The Morgan fingerprint density at radius 1 is 0.875 bits per heavy atom. The second kappa shape index (κ2) is 15.6. The molecule has 1 N–H and O–H groups in total. The molecule has 4 aromatic carbocycles. The largest absolute Gasteiger partial charge is 0.512 e. The molecule has 1 radical (unpaired) electrons. The smallest absolute Gasteiger partial charge is 0.162 e. The molecule has 0 saturated carbocycles. The number of hydrogen-bond donors (Lipinski definition) is 1. The molecule has 4 nitrogen and oxygen atoms in total. The van der Waals surface area contributed by atoms with Crippen LogP contribution < -0.4 is 4.90 Å². The van der Waals surface area contributed by atoms with Gasteiger partial charge in [-0.15, -0.1) is 29.1 Å². The zero-order valence-corrected chi connectivity index (χ0v) is 32.0. The topological polar surface area (TPSA) is 53.4 Å². The van der Waals surface area contributed by atoms with Gasteiger partial charge in [-0.1, -0.05) is 108 Å². The first kappa shape index (κ1) is 37.0. The van der Waals surface area contributed by atoms with Crippen LogP contribution in [0.5, 0.6) is 0 Å². The Morgan fingerprint density at radius 2 is 1.52 bits per heavy atom. The number of anilines is 2. The van der Waals surface area contributed by atoms with E-state index in [4.69, 9.17) is 4.98 Å². The molecule has 6 rings (SSSR count). The summed E-state index contributed by atoms with van der Waals surface area (Å²) in [4.78, 5) is 18.9. The molecule has 253 valence electrons. The minimum Gasteiger partial charge on any atom is -0.512 e. The fourth-order valence-corrected chi connectivity index (χ4v) is 6.91. The SMILES string of the molecule is CCC(CC)C(=O)/C=C(\O)C(CC)CC.CN1c2c(ccnc2-c2[c-]c3ccccc3c(C(C)(C)C)c2)-c2cccc3cccc1c23.[Ir]. The molecule has 0 fully saturated rings. The van der Waals surface area contributed by atoms with Gasteiger partial charge in [0.25, 0.3) is 0 Å². The predicted octanol–water partition coefficient (Wildman–Crippen LogP) is 11.8. The maximum atomic E-state index is 11.7. The van der Waals surface area contributed by atoms with Gasteiger partial charge < -0.3 is 10.0 Å². The van der Waals surface area contributed by atoms with Crippen molar-refractivity contribution in [3.63, 3.8) is 0 Å². The van der Waals surface area contributed by atoms with Gasteiger partial charge in [0.05, 0.1) is 5.76 Å². The molecule has 2 heterocycles. The van der Waals surface area contributed by atoms with E-state index >= 15 is 0 Å². The Hall–Kier alpha value is -3.79. The molecular formula is C43H49IrN2O2-. The second-order valence-corrected chi connectivity index (χ2v) is 13.7. The summed E-state index contributed by atoms with van der Waals surface area (Å²) in [5.41, 5.74) is 8.22. The van der Waals surface area contributed by atoms with Gasteiger partial charge in [-0.25, -0.2) is 0 Å². The zero-order chi connectivity index (χ0) is 33.9. The normalized spacial score (nSPS) is 12.5. The van der Waals surface area contributed by atoms with Crippen molar-refractivity contribution >= 4 is 38.7 Å². The van der Waals surface area contributed by atoms with E-state index < -0.39 is 0 Å². The van der Waals surface area contributed by atoms with Gasteiger partial charge in [-0.2, -0.15) is 0 Å². The fourth-order valence-electron chi connectivity index (χ4n) is 6.91. The number of carbonyl (C=O) groups is 1. The van der Waals surface area contributed by atoms with E-state index in [2.05, 4.69) is 112 Å². The van der Waals surface area contributed by atoms with Gasteiger partial charge in [0.1, 0.15) is 0 Å². The monoisotopic (exact) mass is 818 g/mol. The average Bonchev–Trinajstić information content (AvgIpc) is 3.07. The summed E-state index contributed by atoms with van der Waals surface area (Å²) >= 11 is 0. The van der Waals surface area contributed by atoms with Gasteiger partial charge in [-0.3, -0.25) is 9.78 Å². The van der Waals surface area contributed by atoms with Crippen LogP contribution in [0.25, 0.3) is 43.9 Å². The van der Waals surface area contributed by atoms with Crippen LogP contribution in [0.2, 0.25) is 0 Å². The summed E-state index contributed by atoms with van der Waals surface area (Å²) in [6, 6.07) is 29.8. The summed E-state index contributed by atoms with van der Waals surface area (Å²) in [5, 5.41) is 14.7. The van der Waals surface area contributed by atoms with E-state index in [9.17, 15) is 9.90 Å². The van der Waals surface area contributed by atoms with E-state index in [0.29, 0.717) is 0 Å². The maximum Gasteiger partial charge on any atom is 0.162 e. The van der Waals surface area contributed by atoms with Crippen LogP contribution >= 0.6 is 0 Å². The number of nitrogens with zero attached hydrogens (tertiary/aromatic N) is 2. The first-order valence-corrected chi connectivity index (χ1v) is 17.2. The number of carbonyl (C=O) groups excluding carboxylic acids is 1. The van der Waals surface area contributed by atoms with E-state index in [1.54, 1.807) is 0 Å². The number of fused-ring (bicyclic) bond motifs is 3. The minimum atomic E-state index is 0. The standard InChI is InChI=1S/C30H25N2.C13H24O2.Ir/c1-30(2,3)25-18-21(17-20-9-5-6-12-22(20)25)28-29-24(15-16-31-28)23-13-7-10-19-11-8-14-26(27(19)23)32(29)4;1-5-10(6-2)12(14)9-13(15)11(7-3)8-4;/h5-16,18H,1-4H3;9-11,14H,5-8H2,1-4H3;/q-1;;/b;12-9-;. The summed E-state index contributed by atoms with van der Waals surface area (Å²) in [5.74, 6) is 0.547. The number of rotatable bonds is 8. The summed E-state index contributed by atoms with van der Waals surface area (Å²) in [6.07, 6.45) is 6.85. The number of ketones is 1. The maximum absolute atomic E-state index is 11.7. The number of aromatic nitrogens is 1. The quantitative estimate of drug-likeness (QED) is 0.0963. The molecule has 5 aromatic rings. The number of pyridine rings is 1. The van der Waals surface area contributed by atoms with Crippen LogP contribution in [-0.2, 0) is 30.3 Å². The van der Waals surface area contributed by atoms with Crippen LogP contribution in [-0.4, -0.2) is 22.9 Å². The summed E-state index contributed by atoms with van der Waals surface area (Å²) in [7, 11) is 2.15. The van der Waals surface area contributed by atoms with Crippen molar-refractivity contribution in [2.45, 2.75) is 79.6 Å². The van der Waals surface area contributed by atoms with Crippen LogP contribution in [0.4, 0.5) is 11.4 Å². The molecule has 5 heteroatoms. The molecule has 0 atom stereocenters. The Balaban J connectivity index is 0.000000279. The molecule has 0 unspecified atom stereocenters. The van der Waals surface area contributed by atoms with Crippen molar-refractivity contribution in [3.05, 3.63) is 102 Å². The molecular weight excluding hydrogens is 769 g/mol. The Labute approximate surface area is 300 Å². The van der Waals surface area contributed by atoms with Crippen molar-refractivity contribution in [2.24, 2.45) is 11.8 Å². The molecule has 1 aliphatic rings. The Kier molecular flexibility index (Phi) is 12.0. The second-order valence-electron chi connectivity index (χ2n) is 13.7. The molecule has 0 amide bonds. The number of aliphatic hydroxyl groups excluding tert-OH is 1. The van der Waals surface area contributed by atoms with Crippen molar-refractivity contribution < 1.29 is 30.0 Å². The number of benzene rings is 4. The average molecular weight is 818 g/mol. The minimum absolute atomic E-state index is 0. The molecule has 0 bridgehead atoms. The molecule has 48 heavy (non-hydrogen) atoms. The summed E-state index contributed by atoms with van der Waals surface area (Å²) in [6.45, 7) is 14.9. The van der Waals surface area contributed by atoms with Gasteiger partial charge in [0.2, 0.25) is 0 Å². The molecule has 0 aliphatic carbocycles. The Bertz CT molecular complexity index is 1920. The van der Waals surface area contributed by atoms with Gasteiger partial charge in [0, 0.05) is 79.3 Å². The van der Waals surface area contributed by atoms with Crippen LogP contribution in [0.1, 0.15) is 79.7 Å². The molecule has 1 aliphatic heterocycles. The third-order valence-corrected chi connectivity index (χ3v) is 9.71. The first-order valence-electron chi connectivity index (χ1n) is 17.2. The van der Waals surface area contributed by atoms with Crippen molar-refractivity contribution in [1.82, 2.24) is 4.98 Å². The third-order valence-electron chi connectivity index (χ3n) is 9.71. The van der Waals surface area contributed by atoms with Crippen LogP contribution in [0.15, 0.2) is 90.8 Å². The number of hydrogen-bond acceptors (Lipinski definition) is 4. The van der Waals surface area contributed by atoms with E-state index in [-0.39, 0.29) is 48.9 Å². The summed E-state index contributed by atoms with van der Waals surface area (Å²) < 4.78 is 0. The van der Waals surface area contributed by atoms with Crippen LogP contribution in [0, 0.1) is 17.9 Å². The van der Waals surface area contributed by atoms with Crippen LogP contribution in [0.3, 0.4) is 0 Å². The molecule has 0 saturated heterocycles. The first-order chi connectivity index (χ1) is 22.5. The van der Waals surface area contributed by atoms with Gasteiger partial charge in [-0.05, 0) is 54.2 Å². The van der Waals surface area contributed by atoms with Crippen molar-refractivity contribution in [3.8, 4) is 22.4 Å². The number of allylic oxidation sites excluding steroid dienone is 2. The van der Waals surface area contributed by atoms with Crippen molar-refractivity contribution in [2.75, 3.05) is 11.9 Å². The van der Waals surface area contributed by atoms with E-state index in [0.717, 1.165) is 48.0 Å². The van der Waals surface area contributed by atoms with Crippen molar-refractivity contribution in [1.29, 1.82) is 0 Å². The fraction of sp³-hybridized carbons (Fsp3) is 0.349. The zero-order valence-electron chi connectivity index (χ0n) is 29.6. The molecule has 0 spiro atoms. The van der Waals surface area contributed by atoms with Gasteiger partial charge in [0.15, 0.2) is 5.78 Å². The number of aliphatic hydroxyl groups is 1. The van der Waals surface area contributed by atoms with Gasteiger partial charge >= 0.3 is 0 Å². The molecule has 1 aromatic heterocycles. The Morgan fingerprint density at radius 3 is 2.17 bits per heavy atom. The predicted molar refractivity (Wildman–Crippen MR) is 200 cm³/mol. The van der Waals surface area contributed by atoms with E-state index in [1.165, 1.54) is 44.6 Å².